The van der Waals surface area contributed by atoms with Crippen molar-refractivity contribution in [2.45, 2.75) is 26.8 Å². The maximum Gasteiger partial charge on any atom is 0.156 e. The van der Waals surface area contributed by atoms with Gasteiger partial charge in [0.05, 0.1) is 5.56 Å². The molecule has 110 valence electrons. The smallest absolute Gasteiger partial charge is 0.156 e. The van der Waals surface area contributed by atoms with Crippen molar-refractivity contribution in [3.05, 3.63) is 23.5 Å². The molecule has 1 unspecified atom stereocenters. The normalized spacial score (nSPS) is 21.7. The van der Waals surface area contributed by atoms with Crippen LogP contribution < -0.4 is 10.2 Å². The highest BCUT2D eigenvalue weighted by molar-refractivity contribution is 5.81. The Kier molecular flexibility index (Phi) is 3.61. The summed E-state index contributed by atoms with van der Waals surface area (Å²) in [5.41, 5.74) is 0.146. The number of hydrogen-bond donors (Lipinski definition) is 2. The third kappa shape index (κ3) is 2.93. The fourth-order valence-electron chi connectivity index (χ4n) is 2.36. The van der Waals surface area contributed by atoms with Gasteiger partial charge in [0.1, 0.15) is 13.0 Å². The lowest BCUT2D eigenvalue weighted by atomic mass is 9.85. The average Bonchev–Trinajstić information content (AvgIpc) is 2.37. The summed E-state index contributed by atoms with van der Waals surface area (Å²) in [6.07, 6.45) is 0.314. The molecule has 1 aromatic rings. The molecule has 2 rings (SSSR count). The number of benzene rings is 1. The van der Waals surface area contributed by atoms with Gasteiger partial charge in [0, 0.05) is 37.4 Å². The molecule has 1 aliphatic heterocycles. The van der Waals surface area contributed by atoms with Crippen LogP contribution in [0, 0.1) is 11.2 Å². The van der Waals surface area contributed by atoms with Crippen molar-refractivity contribution in [2.24, 2.45) is 5.41 Å². The number of rotatable bonds is 2. The van der Waals surface area contributed by atoms with Crippen LogP contribution in [0.3, 0.4) is 0 Å². The second-order valence-corrected chi connectivity index (χ2v) is 6.21. The number of nitrogens with one attached hydrogen (secondary N) is 1. The number of hydrogen-bond acceptors (Lipinski definition) is 4. The van der Waals surface area contributed by atoms with Crippen LogP contribution in [0.2, 0.25) is 1.41 Å². The lowest BCUT2D eigenvalue weighted by molar-refractivity contribution is 0.111. The van der Waals surface area contributed by atoms with Crippen LogP contribution in [-0.4, -0.2) is 37.1 Å². The molecule has 1 fully saturated rings. The number of anilines is 1. The van der Waals surface area contributed by atoms with Crippen molar-refractivity contribution >= 4 is 12.0 Å². The summed E-state index contributed by atoms with van der Waals surface area (Å²) in [5, 5.41) is 11.3. The number of phenols is 1. The van der Waals surface area contributed by atoms with Gasteiger partial charge >= 0.3 is 0 Å². The van der Waals surface area contributed by atoms with Gasteiger partial charge in [-0.1, -0.05) is 20.8 Å². The number of halogens is 1. The quantitative estimate of drug-likeness (QED) is 0.816. The predicted octanol–water partition coefficient (Wildman–Crippen LogP) is 2.17. The van der Waals surface area contributed by atoms with Gasteiger partial charge in [-0.3, -0.25) is 4.79 Å². The number of carbonyl (C=O) groups is 1. The Morgan fingerprint density at radius 1 is 1.55 bits per heavy atom. The lowest BCUT2D eigenvalue weighted by Crippen LogP contribution is -2.56. The summed E-state index contributed by atoms with van der Waals surface area (Å²) in [6, 6.07) is 2.68. The highest BCUT2D eigenvalue weighted by atomic mass is 19.1. The summed E-state index contributed by atoms with van der Waals surface area (Å²) < 4.78 is 21.8. The van der Waals surface area contributed by atoms with E-state index in [0.717, 1.165) is 0 Å². The van der Waals surface area contributed by atoms with E-state index in [2.05, 4.69) is 20.8 Å². The van der Waals surface area contributed by atoms with E-state index in [0.29, 0.717) is 31.6 Å². The molecule has 1 saturated heterocycles. The number of piperazine rings is 1. The zero-order valence-corrected chi connectivity index (χ0v) is 12.1. The van der Waals surface area contributed by atoms with E-state index < -0.39 is 5.82 Å². The topological polar surface area (TPSA) is 52.6 Å². The van der Waals surface area contributed by atoms with E-state index in [1.807, 2.05) is 4.90 Å². The molecule has 4 nitrogen and oxygen atoms in total. The highest BCUT2D eigenvalue weighted by Crippen LogP contribution is 2.29. The summed E-state index contributed by atoms with van der Waals surface area (Å²) in [4.78, 5) is 12.7. The molecule has 1 aromatic carbocycles. The highest BCUT2D eigenvalue weighted by Gasteiger charge is 2.29. The Bertz CT molecular complexity index is 522. The molecule has 1 heterocycles. The van der Waals surface area contributed by atoms with Crippen molar-refractivity contribution in [3.8, 4) is 5.75 Å². The Morgan fingerprint density at radius 3 is 2.80 bits per heavy atom. The first-order valence-electron chi connectivity index (χ1n) is 7.17. The molecule has 1 aliphatic rings. The van der Waals surface area contributed by atoms with E-state index >= 15 is 0 Å². The van der Waals surface area contributed by atoms with Gasteiger partial charge in [-0.25, -0.2) is 4.39 Å². The van der Waals surface area contributed by atoms with Crippen LogP contribution in [0.5, 0.6) is 5.75 Å². The second kappa shape index (κ2) is 5.40. The van der Waals surface area contributed by atoms with E-state index in [-0.39, 0.29) is 22.8 Å². The maximum atomic E-state index is 13.8. The summed E-state index contributed by atoms with van der Waals surface area (Å²) in [5.74, 6) is -1.07. The van der Waals surface area contributed by atoms with Crippen molar-refractivity contribution < 1.29 is 15.7 Å². The molecular weight excluding hydrogens is 259 g/mol. The van der Waals surface area contributed by atoms with E-state index in [1.165, 1.54) is 12.1 Å². The second-order valence-electron chi connectivity index (χ2n) is 6.21. The molecule has 0 spiro atoms. The fraction of sp³-hybridized carbons (Fsp3) is 0.533. The van der Waals surface area contributed by atoms with Crippen molar-refractivity contribution in [3.63, 3.8) is 0 Å². The van der Waals surface area contributed by atoms with Gasteiger partial charge in [0.25, 0.3) is 0 Å². The van der Waals surface area contributed by atoms with Gasteiger partial charge in [-0.05, 0) is 11.5 Å². The van der Waals surface area contributed by atoms with Gasteiger partial charge in [-0.2, -0.15) is 0 Å². The molecule has 2 N–H and O–H groups in total. The van der Waals surface area contributed by atoms with Crippen LogP contribution in [0.15, 0.2) is 12.1 Å². The first-order valence-corrected chi connectivity index (χ1v) is 6.72. The number of nitrogens with zero attached hydrogens (tertiary/aromatic N) is 1. The number of phenolic OH excluding ortho intramolecular Hbond substituents is 1. The first kappa shape index (κ1) is 13.4. The van der Waals surface area contributed by atoms with Gasteiger partial charge in [-0.15, -0.1) is 0 Å². The summed E-state index contributed by atoms with van der Waals surface area (Å²) in [6.45, 7) is 7.89. The average molecular weight is 281 g/mol. The fourth-order valence-corrected chi connectivity index (χ4v) is 2.36. The molecule has 0 amide bonds. The number of aromatic hydroxyl groups is 1. The molecule has 0 aliphatic carbocycles. The summed E-state index contributed by atoms with van der Waals surface area (Å²) in [7, 11) is 0. The standard InChI is InChI=1S/C15H21FN2O2/c1-15(2,3)14-8-18(5-4-17-14)10-6-12(16)11(9-19)13(20)7-10/h6-7,9,14,17,20H,4-5,8H2,1-3H3/i/hD. The van der Waals surface area contributed by atoms with E-state index in [9.17, 15) is 14.3 Å². The van der Waals surface area contributed by atoms with Crippen molar-refractivity contribution in [1.29, 1.82) is 0 Å². The zero-order valence-electron chi connectivity index (χ0n) is 13.1. The predicted molar refractivity (Wildman–Crippen MR) is 76.9 cm³/mol. The minimum Gasteiger partial charge on any atom is -0.507 e. The van der Waals surface area contributed by atoms with Crippen LogP contribution >= 0.6 is 0 Å². The van der Waals surface area contributed by atoms with Crippen LogP contribution in [-0.2, 0) is 0 Å². The van der Waals surface area contributed by atoms with Crippen molar-refractivity contribution in [2.75, 3.05) is 24.5 Å². The monoisotopic (exact) mass is 281 g/mol. The maximum absolute atomic E-state index is 13.8. The van der Waals surface area contributed by atoms with Gasteiger partial charge < -0.3 is 15.3 Å². The third-order valence-electron chi connectivity index (χ3n) is 3.69. The molecule has 1 atom stereocenters. The largest absolute Gasteiger partial charge is 0.507 e. The Labute approximate surface area is 120 Å². The Hall–Kier alpha value is -1.62. The molecule has 0 saturated carbocycles. The molecular formula is C15H21FN2O2. The van der Waals surface area contributed by atoms with Gasteiger partial charge in [0.15, 0.2) is 6.29 Å². The number of carbonyl (C=O) groups excluding carboxylic acids is 1. The first-order chi connectivity index (χ1) is 9.74. The zero-order chi connectivity index (χ0) is 15.8. The Morgan fingerprint density at radius 2 is 2.25 bits per heavy atom. The van der Waals surface area contributed by atoms with Crippen LogP contribution in [0.4, 0.5) is 10.1 Å². The van der Waals surface area contributed by atoms with Crippen LogP contribution in [0.25, 0.3) is 0 Å². The molecule has 20 heavy (non-hydrogen) atoms. The van der Waals surface area contributed by atoms with Crippen LogP contribution in [0.1, 0.15) is 31.1 Å². The van der Waals surface area contributed by atoms with E-state index in [1.54, 1.807) is 5.31 Å². The minimum absolute atomic E-state index is 0.00204. The lowest BCUT2D eigenvalue weighted by Gasteiger charge is -2.41. The minimum atomic E-state index is -0.722. The SMILES string of the molecule is [2H]N1CCN(c2cc(O)c(C=O)c(F)c2)CC1C(C)(C)C. The van der Waals surface area contributed by atoms with E-state index in [4.69, 9.17) is 1.41 Å². The molecule has 0 bridgehead atoms. The summed E-state index contributed by atoms with van der Waals surface area (Å²) >= 11 is 0. The van der Waals surface area contributed by atoms with Crippen molar-refractivity contribution in [1.82, 2.24) is 5.31 Å². The molecule has 5 heteroatoms. The number of aldehydes is 1. The Balaban J connectivity index is 2.29. The molecule has 0 radical (unpaired) electrons. The third-order valence-corrected chi connectivity index (χ3v) is 3.69. The molecule has 0 aromatic heterocycles. The van der Waals surface area contributed by atoms with Gasteiger partial charge in [0.2, 0.25) is 0 Å².